The summed E-state index contributed by atoms with van der Waals surface area (Å²) in [4.78, 5) is 12.8. The second-order valence-electron chi connectivity index (χ2n) is 4.35. The Bertz CT molecular complexity index is 708. The minimum absolute atomic E-state index is 0.0287. The van der Waals surface area contributed by atoms with Crippen LogP contribution in [0.4, 0.5) is 5.69 Å². The third-order valence-electron chi connectivity index (χ3n) is 3.03. The van der Waals surface area contributed by atoms with E-state index in [1.165, 1.54) is 18.2 Å². The van der Waals surface area contributed by atoms with Crippen LogP contribution in [0.5, 0.6) is 0 Å². The number of fused-ring (bicyclic) bond motifs is 1. The molecular formula is C11H12N6O4. The molecule has 2 rings (SSSR count). The molecule has 10 heteroatoms. The first-order chi connectivity index (χ1) is 10.0. The maximum atomic E-state index is 10.8. The van der Waals surface area contributed by atoms with E-state index in [2.05, 4.69) is 20.2 Å². The van der Waals surface area contributed by atoms with Gasteiger partial charge in [-0.05, 0) is 18.0 Å². The van der Waals surface area contributed by atoms with Gasteiger partial charge in [0, 0.05) is 29.0 Å². The van der Waals surface area contributed by atoms with Gasteiger partial charge >= 0.3 is 0 Å². The largest absolute Gasteiger partial charge is 0.390 e. The van der Waals surface area contributed by atoms with Crippen LogP contribution < -0.4 is 0 Å². The fourth-order valence-electron chi connectivity index (χ4n) is 1.94. The van der Waals surface area contributed by atoms with E-state index in [1.807, 2.05) is 0 Å². The Labute approximate surface area is 117 Å². The monoisotopic (exact) mass is 292 g/mol. The van der Waals surface area contributed by atoms with E-state index in [9.17, 15) is 20.3 Å². The zero-order valence-corrected chi connectivity index (χ0v) is 10.7. The topological polar surface area (TPSA) is 161 Å². The number of hydrogen-bond acceptors (Lipinski definition) is 6. The van der Waals surface area contributed by atoms with E-state index < -0.39 is 17.1 Å². The quantitative estimate of drug-likeness (QED) is 0.241. The molecule has 1 heterocycles. The zero-order valence-electron chi connectivity index (χ0n) is 10.7. The summed E-state index contributed by atoms with van der Waals surface area (Å²) in [6.45, 7) is 0.0287. The molecule has 3 N–H and O–H groups in total. The number of H-pyrrole nitrogens is 1. The van der Waals surface area contributed by atoms with Gasteiger partial charge in [0.15, 0.2) is 0 Å². The van der Waals surface area contributed by atoms with E-state index in [4.69, 9.17) is 5.53 Å². The van der Waals surface area contributed by atoms with Crippen LogP contribution in [0.15, 0.2) is 23.3 Å². The van der Waals surface area contributed by atoms with Crippen LogP contribution in [0, 0.1) is 10.1 Å². The van der Waals surface area contributed by atoms with Crippen molar-refractivity contribution in [2.45, 2.75) is 18.6 Å². The Balaban J connectivity index is 2.30. The smallest absolute Gasteiger partial charge is 0.270 e. The molecule has 0 fully saturated rings. The molecule has 2 unspecified atom stereocenters. The lowest BCUT2D eigenvalue weighted by Crippen LogP contribution is -2.19. The van der Waals surface area contributed by atoms with Crippen molar-refractivity contribution >= 4 is 16.6 Å². The molecule has 2 atom stereocenters. The number of aromatic amines is 1. The molecule has 0 bridgehead atoms. The van der Waals surface area contributed by atoms with Crippen molar-refractivity contribution in [3.63, 3.8) is 0 Å². The molecule has 0 saturated heterocycles. The summed E-state index contributed by atoms with van der Waals surface area (Å²) in [6.07, 6.45) is -2.44. The highest BCUT2D eigenvalue weighted by Crippen LogP contribution is 2.28. The standard InChI is InChI=1S/C11H12N6O4/c12-16-13-4-3-9(18)11(19)10-7-5-6(17(20)21)1-2-8(7)14-15-10/h1-2,5,9,11,18-19H,3-4H2,(H,14,15). The van der Waals surface area contributed by atoms with Gasteiger partial charge in [0.05, 0.1) is 22.2 Å². The molecule has 21 heavy (non-hydrogen) atoms. The molecule has 0 spiro atoms. The number of nitrogens with one attached hydrogen (secondary N) is 1. The molecule has 0 saturated carbocycles. The SMILES string of the molecule is [N-]=[N+]=NCCC(O)C(O)c1[nH]nc2ccc([N+](=O)[O-])cc12. The van der Waals surface area contributed by atoms with Gasteiger partial charge in [-0.3, -0.25) is 15.2 Å². The Morgan fingerprint density at radius 2 is 2.29 bits per heavy atom. The van der Waals surface area contributed by atoms with Crippen molar-refractivity contribution in [3.8, 4) is 0 Å². The minimum atomic E-state index is -1.31. The van der Waals surface area contributed by atoms with Crippen molar-refractivity contribution in [2.75, 3.05) is 6.54 Å². The Morgan fingerprint density at radius 3 is 2.95 bits per heavy atom. The summed E-state index contributed by atoms with van der Waals surface area (Å²) in [5.41, 5.74) is 8.65. The molecule has 110 valence electrons. The van der Waals surface area contributed by atoms with Crippen LogP contribution in [0.3, 0.4) is 0 Å². The molecule has 10 nitrogen and oxygen atoms in total. The van der Waals surface area contributed by atoms with E-state index >= 15 is 0 Å². The summed E-state index contributed by atoms with van der Waals surface area (Å²) in [5.74, 6) is 0. The van der Waals surface area contributed by atoms with Crippen LogP contribution in [0.1, 0.15) is 18.2 Å². The van der Waals surface area contributed by atoms with Crippen molar-refractivity contribution < 1.29 is 15.1 Å². The second-order valence-corrected chi connectivity index (χ2v) is 4.35. The lowest BCUT2D eigenvalue weighted by Gasteiger charge is -2.15. The Morgan fingerprint density at radius 1 is 1.52 bits per heavy atom. The Kier molecular flexibility index (Phi) is 4.33. The van der Waals surface area contributed by atoms with Gasteiger partial charge in [-0.2, -0.15) is 5.10 Å². The molecule has 0 aliphatic rings. The predicted molar refractivity (Wildman–Crippen MR) is 72.3 cm³/mol. The number of nitrogens with zero attached hydrogens (tertiary/aromatic N) is 5. The van der Waals surface area contributed by atoms with Crippen LogP contribution in [0.25, 0.3) is 21.3 Å². The van der Waals surface area contributed by atoms with Gasteiger partial charge in [-0.15, -0.1) is 0 Å². The maximum absolute atomic E-state index is 10.8. The number of aliphatic hydroxyl groups excluding tert-OH is 2. The van der Waals surface area contributed by atoms with E-state index in [0.717, 1.165) is 0 Å². The highest BCUT2D eigenvalue weighted by Gasteiger charge is 2.23. The minimum Gasteiger partial charge on any atom is -0.390 e. The Hall–Kier alpha value is -2.68. The summed E-state index contributed by atoms with van der Waals surface area (Å²) in [7, 11) is 0. The van der Waals surface area contributed by atoms with Crippen LogP contribution >= 0.6 is 0 Å². The van der Waals surface area contributed by atoms with Crippen LogP contribution in [0.2, 0.25) is 0 Å². The predicted octanol–water partition coefficient (Wildman–Crippen LogP) is 1.57. The molecule has 0 radical (unpaired) electrons. The molecule has 0 amide bonds. The third kappa shape index (κ3) is 3.08. The lowest BCUT2D eigenvalue weighted by atomic mass is 10.0. The number of benzene rings is 1. The van der Waals surface area contributed by atoms with Crippen molar-refractivity contribution in [1.82, 2.24) is 10.2 Å². The molecule has 1 aromatic heterocycles. The maximum Gasteiger partial charge on any atom is 0.270 e. The average molecular weight is 292 g/mol. The van der Waals surface area contributed by atoms with Crippen LogP contribution in [-0.4, -0.2) is 38.0 Å². The average Bonchev–Trinajstić information content (AvgIpc) is 2.89. The summed E-state index contributed by atoms with van der Waals surface area (Å²) >= 11 is 0. The zero-order chi connectivity index (χ0) is 15.4. The summed E-state index contributed by atoms with van der Waals surface area (Å²) in [6, 6.07) is 4.03. The second kappa shape index (κ2) is 6.18. The van der Waals surface area contributed by atoms with Crippen LogP contribution in [-0.2, 0) is 0 Å². The number of rotatable bonds is 6. The molecule has 0 aliphatic heterocycles. The number of non-ortho nitro benzene ring substituents is 1. The number of nitro benzene ring substituents is 1. The molecule has 0 aliphatic carbocycles. The summed E-state index contributed by atoms with van der Waals surface area (Å²) in [5, 5.41) is 40.8. The van der Waals surface area contributed by atoms with Gasteiger partial charge in [0.25, 0.3) is 5.69 Å². The van der Waals surface area contributed by atoms with Crippen molar-refractivity contribution in [3.05, 3.63) is 44.5 Å². The number of aliphatic hydroxyl groups is 2. The van der Waals surface area contributed by atoms with E-state index in [-0.39, 0.29) is 24.3 Å². The lowest BCUT2D eigenvalue weighted by molar-refractivity contribution is -0.384. The van der Waals surface area contributed by atoms with Gasteiger partial charge in [0.1, 0.15) is 6.10 Å². The molecule has 2 aromatic rings. The number of nitro groups is 1. The number of hydrogen-bond donors (Lipinski definition) is 3. The first kappa shape index (κ1) is 14.7. The summed E-state index contributed by atoms with van der Waals surface area (Å²) < 4.78 is 0. The first-order valence-electron chi connectivity index (χ1n) is 6.04. The van der Waals surface area contributed by atoms with E-state index in [0.29, 0.717) is 10.9 Å². The van der Waals surface area contributed by atoms with Crippen molar-refractivity contribution in [1.29, 1.82) is 0 Å². The fraction of sp³-hybridized carbons (Fsp3) is 0.364. The molecule has 1 aromatic carbocycles. The number of aromatic nitrogens is 2. The van der Waals surface area contributed by atoms with Gasteiger partial charge in [-0.25, -0.2) is 0 Å². The number of azide groups is 1. The van der Waals surface area contributed by atoms with E-state index in [1.54, 1.807) is 0 Å². The van der Waals surface area contributed by atoms with Crippen molar-refractivity contribution in [2.24, 2.45) is 5.11 Å². The molecular weight excluding hydrogens is 280 g/mol. The first-order valence-corrected chi connectivity index (χ1v) is 6.04. The van der Waals surface area contributed by atoms with Gasteiger partial charge in [0.2, 0.25) is 0 Å². The normalized spacial score (nSPS) is 13.6. The highest BCUT2D eigenvalue weighted by atomic mass is 16.6. The van der Waals surface area contributed by atoms with Gasteiger partial charge < -0.3 is 10.2 Å². The third-order valence-corrected chi connectivity index (χ3v) is 3.03. The fourth-order valence-corrected chi connectivity index (χ4v) is 1.94. The van der Waals surface area contributed by atoms with Gasteiger partial charge in [-0.1, -0.05) is 5.11 Å². The highest BCUT2D eigenvalue weighted by molar-refractivity contribution is 5.84.